The molecule has 1 aromatic rings. The molecule has 3 N–H and O–H groups in total. The number of amides is 3. The molecule has 29 heavy (non-hydrogen) atoms. The van der Waals surface area contributed by atoms with Crippen LogP contribution >= 0.6 is 15.9 Å². The molecule has 0 radical (unpaired) electrons. The monoisotopic (exact) mass is 473 g/mol. The molecule has 2 atom stereocenters. The number of hydrogen-bond donors (Lipinski definition) is 3. The number of rotatable bonds is 7. The summed E-state index contributed by atoms with van der Waals surface area (Å²) in [7, 11) is 0. The fraction of sp³-hybridized carbons (Fsp3) is 0.550. The van der Waals surface area contributed by atoms with Crippen LogP contribution in [-0.2, 0) is 14.3 Å². The van der Waals surface area contributed by atoms with Crippen LogP contribution < -0.4 is 16.0 Å². The SMILES string of the molecule is CC(C)CC(NC(=O)Nc1ccc(Br)cc1F)C(=O)NC(C)C(=O)OC(C)(C)C. The van der Waals surface area contributed by atoms with Gasteiger partial charge in [0.25, 0.3) is 0 Å². The van der Waals surface area contributed by atoms with Crippen LogP contribution in [0.15, 0.2) is 22.7 Å². The maximum atomic E-state index is 13.9. The van der Waals surface area contributed by atoms with Gasteiger partial charge in [-0.15, -0.1) is 0 Å². The van der Waals surface area contributed by atoms with Gasteiger partial charge >= 0.3 is 12.0 Å². The van der Waals surface area contributed by atoms with Crippen molar-refractivity contribution in [3.8, 4) is 0 Å². The Balaban J connectivity index is 2.78. The minimum absolute atomic E-state index is 0.0171. The predicted octanol–water partition coefficient (Wildman–Crippen LogP) is 3.97. The van der Waals surface area contributed by atoms with Crippen LogP contribution in [0.25, 0.3) is 0 Å². The predicted molar refractivity (Wildman–Crippen MR) is 113 cm³/mol. The largest absolute Gasteiger partial charge is 0.458 e. The Labute approximate surface area is 179 Å². The summed E-state index contributed by atoms with van der Waals surface area (Å²) < 4.78 is 19.7. The van der Waals surface area contributed by atoms with Crippen molar-refractivity contribution in [2.24, 2.45) is 5.92 Å². The van der Waals surface area contributed by atoms with Crippen molar-refractivity contribution in [3.63, 3.8) is 0 Å². The molecule has 7 nitrogen and oxygen atoms in total. The van der Waals surface area contributed by atoms with Crippen LogP contribution in [-0.4, -0.2) is 35.6 Å². The van der Waals surface area contributed by atoms with Gasteiger partial charge in [-0.1, -0.05) is 29.8 Å². The average molecular weight is 474 g/mol. The number of halogens is 2. The first-order valence-corrected chi connectivity index (χ1v) is 10.1. The van der Waals surface area contributed by atoms with Gasteiger partial charge in [-0.2, -0.15) is 0 Å². The normalized spacial score (nSPS) is 13.4. The molecule has 1 rings (SSSR count). The van der Waals surface area contributed by atoms with E-state index in [9.17, 15) is 18.8 Å². The van der Waals surface area contributed by atoms with E-state index in [0.29, 0.717) is 10.9 Å². The number of hydrogen-bond acceptors (Lipinski definition) is 4. The number of esters is 1. The lowest BCUT2D eigenvalue weighted by atomic mass is 10.0. The molecule has 0 saturated carbocycles. The number of urea groups is 1. The summed E-state index contributed by atoms with van der Waals surface area (Å²) in [6, 6.07) is 1.69. The molecule has 0 fully saturated rings. The lowest BCUT2D eigenvalue weighted by Crippen LogP contribution is -2.52. The van der Waals surface area contributed by atoms with Gasteiger partial charge in [0.2, 0.25) is 5.91 Å². The maximum Gasteiger partial charge on any atom is 0.328 e. The zero-order valence-electron chi connectivity index (χ0n) is 17.6. The first-order chi connectivity index (χ1) is 13.3. The number of carbonyl (C=O) groups is 3. The summed E-state index contributed by atoms with van der Waals surface area (Å²) in [4.78, 5) is 37.0. The number of ether oxygens (including phenoxy) is 1. The summed E-state index contributed by atoms with van der Waals surface area (Å²) in [5.41, 5.74) is -0.697. The minimum atomic E-state index is -0.904. The maximum absolute atomic E-state index is 13.9. The van der Waals surface area contributed by atoms with E-state index in [4.69, 9.17) is 4.74 Å². The lowest BCUT2D eigenvalue weighted by Gasteiger charge is -2.25. The smallest absolute Gasteiger partial charge is 0.328 e. The number of nitrogens with one attached hydrogen (secondary N) is 3. The molecular formula is C20H29BrFN3O4. The van der Waals surface area contributed by atoms with Gasteiger partial charge in [-0.25, -0.2) is 14.0 Å². The van der Waals surface area contributed by atoms with E-state index in [-0.39, 0.29) is 11.6 Å². The van der Waals surface area contributed by atoms with E-state index in [1.54, 1.807) is 26.8 Å². The number of benzene rings is 1. The molecule has 0 aliphatic rings. The molecule has 162 valence electrons. The van der Waals surface area contributed by atoms with Gasteiger partial charge in [0.05, 0.1) is 5.69 Å². The Kier molecular flexibility index (Phi) is 9.07. The first kappa shape index (κ1) is 24.9. The Hall–Kier alpha value is -2.16. The third-order valence-electron chi connectivity index (χ3n) is 3.63. The molecule has 0 aliphatic carbocycles. The molecule has 0 spiro atoms. The molecule has 0 aliphatic heterocycles. The van der Waals surface area contributed by atoms with Crippen LogP contribution in [0.1, 0.15) is 48.0 Å². The van der Waals surface area contributed by atoms with Gasteiger partial charge in [0, 0.05) is 4.47 Å². The van der Waals surface area contributed by atoms with Crippen molar-refractivity contribution in [2.75, 3.05) is 5.32 Å². The van der Waals surface area contributed by atoms with Crippen molar-refractivity contribution in [3.05, 3.63) is 28.5 Å². The summed E-state index contributed by atoms with van der Waals surface area (Å²) >= 11 is 3.14. The van der Waals surface area contributed by atoms with Gasteiger partial charge in [-0.05, 0) is 58.2 Å². The van der Waals surface area contributed by atoms with Gasteiger partial charge in [-0.3, -0.25) is 4.79 Å². The van der Waals surface area contributed by atoms with E-state index in [0.717, 1.165) is 0 Å². The average Bonchev–Trinajstić information content (AvgIpc) is 2.54. The van der Waals surface area contributed by atoms with Crippen LogP contribution in [0, 0.1) is 11.7 Å². The fourth-order valence-electron chi connectivity index (χ4n) is 2.37. The van der Waals surface area contributed by atoms with E-state index >= 15 is 0 Å². The Morgan fingerprint density at radius 3 is 2.28 bits per heavy atom. The zero-order valence-corrected chi connectivity index (χ0v) is 19.1. The topological polar surface area (TPSA) is 96.5 Å². The fourth-order valence-corrected chi connectivity index (χ4v) is 2.71. The molecule has 3 amide bonds. The third kappa shape index (κ3) is 9.25. The second kappa shape index (κ2) is 10.6. The molecule has 2 unspecified atom stereocenters. The highest BCUT2D eigenvalue weighted by Gasteiger charge is 2.28. The van der Waals surface area contributed by atoms with E-state index in [1.165, 1.54) is 19.1 Å². The van der Waals surface area contributed by atoms with E-state index in [1.807, 2.05) is 13.8 Å². The highest BCUT2D eigenvalue weighted by Crippen LogP contribution is 2.19. The van der Waals surface area contributed by atoms with E-state index in [2.05, 4.69) is 31.9 Å². The summed E-state index contributed by atoms with van der Waals surface area (Å²) in [5, 5.41) is 7.48. The first-order valence-electron chi connectivity index (χ1n) is 9.34. The van der Waals surface area contributed by atoms with Crippen molar-refractivity contribution in [1.29, 1.82) is 0 Å². The molecule has 0 aromatic heterocycles. The van der Waals surface area contributed by atoms with Crippen LogP contribution in [0.4, 0.5) is 14.9 Å². The lowest BCUT2D eigenvalue weighted by molar-refractivity contribution is -0.158. The zero-order chi connectivity index (χ0) is 22.4. The number of anilines is 1. The minimum Gasteiger partial charge on any atom is -0.458 e. The standard InChI is InChI=1S/C20H29BrFN3O4/c1-11(2)9-16(17(26)23-12(3)18(27)29-20(4,5)6)25-19(28)24-15-8-7-13(21)10-14(15)22/h7-8,10-12,16H,9H2,1-6H3,(H,23,26)(H2,24,25,28). The van der Waals surface area contributed by atoms with Crippen molar-refractivity contribution < 1.29 is 23.5 Å². The molecular weight excluding hydrogens is 445 g/mol. The summed E-state index contributed by atoms with van der Waals surface area (Å²) in [6.45, 7) is 10.5. The van der Waals surface area contributed by atoms with Crippen LogP contribution in [0.3, 0.4) is 0 Å². The van der Waals surface area contributed by atoms with Crippen molar-refractivity contribution in [2.45, 2.75) is 65.6 Å². The summed E-state index contributed by atoms with van der Waals surface area (Å²) in [5.74, 6) is -1.62. The molecule has 0 saturated heterocycles. The quantitative estimate of drug-likeness (QED) is 0.521. The molecule has 0 bridgehead atoms. The second-order valence-electron chi connectivity index (χ2n) is 8.17. The Bertz CT molecular complexity index is 750. The van der Waals surface area contributed by atoms with Crippen LogP contribution in [0.5, 0.6) is 0 Å². The van der Waals surface area contributed by atoms with Crippen molar-refractivity contribution in [1.82, 2.24) is 10.6 Å². The van der Waals surface area contributed by atoms with E-state index < -0.39 is 41.4 Å². The highest BCUT2D eigenvalue weighted by atomic mass is 79.9. The van der Waals surface area contributed by atoms with Gasteiger partial charge < -0.3 is 20.7 Å². The van der Waals surface area contributed by atoms with Gasteiger partial charge in [0.15, 0.2) is 0 Å². The molecule has 0 heterocycles. The number of carbonyl (C=O) groups excluding carboxylic acids is 3. The Morgan fingerprint density at radius 1 is 1.14 bits per heavy atom. The van der Waals surface area contributed by atoms with Gasteiger partial charge in [0.1, 0.15) is 23.5 Å². The third-order valence-corrected chi connectivity index (χ3v) is 4.12. The molecule has 1 aromatic carbocycles. The molecule has 9 heteroatoms. The van der Waals surface area contributed by atoms with Crippen LogP contribution in [0.2, 0.25) is 0 Å². The summed E-state index contributed by atoms with van der Waals surface area (Å²) in [6.07, 6.45) is 0.336. The Morgan fingerprint density at radius 2 is 1.76 bits per heavy atom. The van der Waals surface area contributed by atoms with Crippen molar-refractivity contribution >= 4 is 39.5 Å². The second-order valence-corrected chi connectivity index (χ2v) is 9.08. The highest BCUT2D eigenvalue weighted by molar-refractivity contribution is 9.10.